The second kappa shape index (κ2) is 5.39. The van der Waals surface area contributed by atoms with Crippen molar-refractivity contribution in [3.05, 3.63) is 0 Å². The van der Waals surface area contributed by atoms with E-state index < -0.39 is 28.5 Å². The molecule has 0 radical (unpaired) electrons. The van der Waals surface area contributed by atoms with Crippen molar-refractivity contribution >= 4 is 28.5 Å². The topological polar surface area (TPSA) is 99.0 Å². The van der Waals surface area contributed by atoms with Gasteiger partial charge >= 0.3 is 0 Å². The summed E-state index contributed by atoms with van der Waals surface area (Å²) in [6, 6.07) is -0.666. The van der Waals surface area contributed by atoms with Gasteiger partial charge in [0.1, 0.15) is 22.4 Å². The number of aliphatic hydroxyl groups is 3. The van der Waals surface area contributed by atoms with Crippen molar-refractivity contribution in [2.24, 2.45) is 0 Å². The normalized spacial score (nSPS) is 41.3. The Hall–Kier alpha value is 0.0400. The maximum Gasteiger partial charge on any atom is 0.217 e. The molecule has 7 heteroatoms. The first kappa shape index (κ1) is 13.1. The first-order chi connectivity index (χ1) is 6.97. The Morgan fingerprint density at radius 3 is 2.53 bits per heavy atom. The van der Waals surface area contributed by atoms with E-state index in [4.69, 9.17) is 9.84 Å². The minimum Gasteiger partial charge on any atom is -0.394 e. The summed E-state index contributed by atoms with van der Waals surface area (Å²) in [6.45, 7) is 0.950. The number of rotatable bonds is 2. The molecule has 5 unspecified atom stereocenters. The quantitative estimate of drug-likeness (QED) is 0.360. The van der Waals surface area contributed by atoms with Crippen LogP contribution in [0.25, 0.3) is 0 Å². The summed E-state index contributed by atoms with van der Waals surface area (Å²) >= 11 is 1.90. The number of hydrogen-bond acceptors (Lipinski definition) is 5. The highest BCUT2D eigenvalue weighted by molar-refractivity contribution is 14.1. The molecule has 1 fully saturated rings. The fraction of sp³-hybridized carbons (Fsp3) is 0.875. The van der Waals surface area contributed by atoms with E-state index in [9.17, 15) is 15.0 Å². The van der Waals surface area contributed by atoms with Crippen LogP contribution in [0.3, 0.4) is 0 Å². The lowest BCUT2D eigenvalue weighted by atomic mass is 9.98. The van der Waals surface area contributed by atoms with Gasteiger partial charge in [-0.3, -0.25) is 4.79 Å². The average molecular weight is 331 g/mol. The second-order valence-electron chi connectivity index (χ2n) is 3.42. The molecular weight excluding hydrogens is 317 g/mol. The number of hydrogen-bond donors (Lipinski definition) is 4. The molecule has 1 heterocycles. The van der Waals surface area contributed by atoms with E-state index in [0.29, 0.717) is 0 Å². The Morgan fingerprint density at radius 1 is 1.47 bits per heavy atom. The molecule has 1 aliphatic heterocycles. The van der Waals surface area contributed by atoms with Crippen LogP contribution in [0.1, 0.15) is 6.92 Å². The van der Waals surface area contributed by atoms with Gasteiger partial charge in [0.2, 0.25) is 5.91 Å². The van der Waals surface area contributed by atoms with Crippen LogP contribution in [0.5, 0.6) is 0 Å². The van der Waals surface area contributed by atoms with Gasteiger partial charge in [-0.05, 0) is 22.6 Å². The van der Waals surface area contributed by atoms with Crippen LogP contribution in [-0.4, -0.2) is 56.3 Å². The van der Waals surface area contributed by atoms with Crippen LogP contribution in [-0.2, 0) is 9.53 Å². The van der Waals surface area contributed by atoms with E-state index in [1.807, 2.05) is 22.6 Å². The molecule has 0 saturated carbocycles. The number of amides is 1. The number of alkyl halides is 1. The third-order valence-corrected chi connectivity index (χ3v) is 3.30. The van der Waals surface area contributed by atoms with E-state index in [0.717, 1.165) is 0 Å². The molecule has 1 saturated heterocycles. The Morgan fingerprint density at radius 2 is 2.07 bits per heavy atom. The van der Waals surface area contributed by atoms with Crippen molar-refractivity contribution in [2.45, 2.75) is 35.4 Å². The van der Waals surface area contributed by atoms with Gasteiger partial charge in [0.25, 0.3) is 0 Å². The Balaban J connectivity index is 2.70. The largest absolute Gasteiger partial charge is 0.394 e. The van der Waals surface area contributed by atoms with E-state index in [1.54, 1.807) is 0 Å². The molecule has 88 valence electrons. The van der Waals surface area contributed by atoms with Crippen molar-refractivity contribution in [3.8, 4) is 0 Å². The molecule has 4 N–H and O–H groups in total. The first-order valence-electron chi connectivity index (χ1n) is 4.51. The third-order valence-electron chi connectivity index (χ3n) is 2.24. The Labute approximate surface area is 101 Å². The van der Waals surface area contributed by atoms with Gasteiger partial charge in [-0.1, -0.05) is 0 Å². The Bertz CT molecular complexity index is 239. The zero-order valence-electron chi connectivity index (χ0n) is 8.13. The van der Waals surface area contributed by atoms with Crippen molar-refractivity contribution in [1.29, 1.82) is 0 Å². The predicted molar refractivity (Wildman–Crippen MR) is 59.4 cm³/mol. The number of ether oxygens (including phenoxy) is 1. The summed E-state index contributed by atoms with van der Waals surface area (Å²) in [7, 11) is 0. The second-order valence-corrected chi connectivity index (χ2v) is 4.64. The molecule has 0 spiro atoms. The van der Waals surface area contributed by atoms with Gasteiger partial charge in [-0.2, -0.15) is 0 Å². The lowest BCUT2D eigenvalue weighted by Gasteiger charge is -2.40. The van der Waals surface area contributed by atoms with Crippen LogP contribution in [0.2, 0.25) is 0 Å². The molecule has 5 atom stereocenters. The molecule has 0 aromatic carbocycles. The molecule has 0 aromatic heterocycles. The van der Waals surface area contributed by atoms with Gasteiger partial charge < -0.3 is 25.4 Å². The third kappa shape index (κ3) is 3.00. The predicted octanol–water partition coefficient (Wildman–Crippen LogP) is -1.63. The van der Waals surface area contributed by atoms with Gasteiger partial charge in [0.05, 0.1) is 12.6 Å². The van der Waals surface area contributed by atoms with Gasteiger partial charge in [0.15, 0.2) is 0 Å². The number of aliphatic hydroxyl groups excluding tert-OH is 3. The van der Waals surface area contributed by atoms with E-state index >= 15 is 0 Å². The van der Waals surface area contributed by atoms with Crippen molar-refractivity contribution in [2.75, 3.05) is 6.61 Å². The smallest absolute Gasteiger partial charge is 0.217 e. The van der Waals surface area contributed by atoms with Crippen LogP contribution in [0.4, 0.5) is 0 Å². The van der Waals surface area contributed by atoms with Crippen LogP contribution >= 0.6 is 22.6 Å². The number of halogens is 1. The van der Waals surface area contributed by atoms with Crippen molar-refractivity contribution < 1.29 is 24.9 Å². The lowest BCUT2D eigenvalue weighted by Crippen LogP contribution is -2.62. The fourth-order valence-electron chi connectivity index (χ4n) is 1.46. The highest BCUT2D eigenvalue weighted by atomic mass is 127. The monoisotopic (exact) mass is 331 g/mol. The molecule has 0 bridgehead atoms. The number of nitrogens with one attached hydrogen (secondary N) is 1. The number of carbonyl (C=O) groups excluding carboxylic acids is 1. The molecule has 0 aliphatic carbocycles. The average Bonchev–Trinajstić information content (AvgIpc) is 2.18. The van der Waals surface area contributed by atoms with Gasteiger partial charge in [-0.15, -0.1) is 0 Å². The summed E-state index contributed by atoms with van der Waals surface area (Å²) in [5.74, 6) is -0.307. The van der Waals surface area contributed by atoms with Crippen molar-refractivity contribution in [1.82, 2.24) is 5.32 Å². The minimum absolute atomic E-state index is 0.307. The molecular formula is C8H14INO5. The SMILES string of the molecule is CC(=O)NC1C(I)OC(CO)C(O)C1O. The first-order valence-corrected chi connectivity index (χ1v) is 5.75. The zero-order valence-corrected chi connectivity index (χ0v) is 10.3. The van der Waals surface area contributed by atoms with Crippen LogP contribution in [0, 0.1) is 0 Å². The molecule has 6 nitrogen and oxygen atoms in total. The highest BCUT2D eigenvalue weighted by Crippen LogP contribution is 2.24. The van der Waals surface area contributed by atoms with Gasteiger partial charge in [0, 0.05) is 6.92 Å². The molecule has 1 rings (SSSR count). The summed E-state index contributed by atoms with van der Waals surface area (Å²) in [5.41, 5.74) is 0. The highest BCUT2D eigenvalue weighted by Gasteiger charge is 2.43. The van der Waals surface area contributed by atoms with Crippen LogP contribution < -0.4 is 5.32 Å². The zero-order chi connectivity index (χ0) is 11.6. The molecule has 15 heavy (non-hydrogen) atoms. The fourth-order valence-corrected chi connectivity index (χ4v) is 2.44. The van der Waals surface area contributed by atoms with Crippen LogP contribution in [0.15, 0.2) is 0 Å². The van der Waals surface area contributed by atoms with E-state index in [1.165, 1.54) is 6.92 Å². The maximum atomic E-state index is 10.8. The lowest BCUT2D eigenvalue weighted by molar-refractivity contribution is -0.169. The van der Waals surface area contributed by atoms with Gasteiger partial charge in [-0.25, -0.2) is 0 Å². The van der Waals surface area contributed by atoms with E-state index in [-0.39, 0.29) is 12.5 Å². The summed E-state index contributed by atoms with van der Waals surface area (Å²) in [4.78, 5) is 10.8. The molecule has 0 aromatic rings. The molecule has 1 aliphatic rings. The molecule has 1 amide bonds. The summed E-state index contributed by atoms with van der Waals surface area (Å²) < 4.78 is 4.76. The van der Waals surface area contributed by atoms with Crippen molar-refractivity contribution in [3.63, 3.8) is 0 Å². The minimum atomic E-state index is -1.20. The maximum absolute atomic E-state index is 10.8. The summed E-state index contributed by atoms with van der Waals surface area (Å²) in [6.07, 6.45) is -3.15. The standard InChI is InChI=1S/C8H14INO5/c1-3(12)10-5-7(14)6(13)4(2-11)15-8(5)9/h4-8,11,13-14H,2H2,1H3,(H,10,12). The van der Waals surface area contributed by atoms with E-state index in [2.05, 4.69) is 5.32 Å². The Kier molecular flexibility index (Phi) is 4.71. The summed E-state index contributed by atoms with van der Waals surface area (Å²) in [5, 5.41) is 30.6. The number of carbonyl (C=O) groups is 1.